The zero-order chi connectivity index (χ0) is 14.3. The highest BCUT2D eigenvalue weighted by Gasteiger charge is 2.18. The topological polar surface area (TPSA) is 21.3 Å². The summed E-state index contributed by atoms with van der Waals surface area (Å²) in [5.41, 5.74) is 4.23. The Morgan fingerprint density at radius 2 is 1.95 bits per heavy atom. The molecular weight excluding hydrogens is 234 g/mol. The predicted molar refractivity (Wildman–Crippen MR) is 82.9 cm³/mol. The Balaban J connectivity index is 2.74. The van der Waals surface area contributed by atoms with Crippen molar-refractivity contribution in [2.75, 3.05) is 26.8 Å². The lowest BCUT2D eigenvalue weighted by atomic mass is 9.84. The van der Waals surface area contributed by atoms with Gasteiger partial charge in [-0.25, -0.2) is 0 Å². The van der Waals surface area contributed by atoms with E-state index < -0.39 is 0 Å². The zero-order valence-electron chi connectivity index (χ0n) is 13.1. The molecule has 0 aliphatic carbocycles. The second-order valence-corrected chi connectivity index (χ2v) is 5.53. The van der Waals surface area contributed by atoms with Gasteiger partial charge in [0.1, 0.15) is 0 Å². The molecule has 0 aliphatic heterocycles. The van der Waals surface area contributed by atoms with E-state index in [1.807, 2.05) is 0 Å². The van der Waals surface area contributed by atoms with Gasteiger partial charge in [-0.1, -0.05) is 38.5 Å². The Hall–Kier alpha value is -0.860. The molecule has 0 fully saturated rings. The lowest BCUT2D eigenvalue weighted by Gasteiger charge is -2.24. The SMILES string of the molecule is CCC(C)C(CNCCOC)c1ccc(C)c(C)c1. The van der Waals surface area contributed by atoms with E-state index in [0.29, 0.717) is 11.8 Å². The molecule has 0 radical (unpaired) electrons. The van der Waals surface area contributed by atoms with Crippen molar-refractivity contribution < 1.29 is 4.74 Å². The van der Waals surface area contributed by atoms with Gasteiger partial charge in [0.05, 0.1) is 6.61 Å². The van der Waals surface area contributed by atoms with E-state index in [1.165, 1.54) is 23.1 Å². The van der Waals surface area contributed by atoms with Crippen LogP contribution >= 0.6 is 0 Å². The summed E-state index contributed by atoms with van der Waals surface area (Å²) in [5.74, 6) is 1.28. The summed E-state index contributed by atoms with van der Waals surface area (Å²) in [6.07, 6.45) is 1.21. The fourth-order valence-corrected chi connectivity index (χ4v) is 2.36. The molecule has 1 N–H and O–H groups in total. The molecule has 0 amide bonds. The number of nitrogens with one attached hydrogen (secondary N) is 1. The molecule has 0 saturated heterocycles. The molecule has 108 valence electrons. The molecule has 19 heavy (non-hydrogen) atoms. The lowest BCUT2D eigenvalue weighted by molar-refractivity contribution is 0.198. The van der Waals surface area contributed by atoms with E-state index in [2.05, 4.69) is 51.2 Å². The van der Waals surface area contributed by atoms with Crippen LogP contribution in [-0.2, 0) is 4.74 Å². The third kappa shape index (κ3) is 4.96. The van der Waals surface area contributed by atoms with Crippen LogP contribution in [0.15, 0.2) is 18.2 Å². The normalized spacial score (nSPS) is 14.4. The first-order valence-corrected chi connectivity index (χ1v) is 7.37. The number of hydrogen-bond donors (Lipinski definition) is 1. The Kier molecular flexibility index (Phi) is 7.11. The van der Waals surface area contributed by atoms with Crippen molar-refractivity contribution >= 4 is 0 Å². The summed E-state index contributed by atoms with van der Waals surface area (Å²) >= 11 is 0. The first-order chi connectivity index (χ1) is 9.10. The summed E-state index contributed by atoms with van der Waals surface area (Å²) in [6, 6.07) is 6.89. The maximum Gasteiger partial charge on any atom is 0.0587 e. The second kappa shape index (κ2) is 8.34. The molecule has 0 bridgehead atoms. The summed E-state index contributed by atoms with van der Waals surface area (Å²) in [7, 11) is 1.75. The van der Waals surface area contributed by atoms with Crippen molar-refractivity contribution in [2.24, 2.45) is 5.92 Å². The van der Waals surface area contributed by atoms with Crippen molar-refractivity contribution in [3.05, 3.63) is 34.9 Å². The molecule has 2 unspecified atom stereocenters. The van der Waals surface area contributed by atoms with Crippen LogP contribution < -0.4 is 5.32 Å². The van der Waals surface area contributed by atoms with Crippen LogP contribution in [0.1, 0.15) is 42.9 Å². The van der Waals surface area contributed by atoms with E-state index in [4.69, 9.17) is 4.74 Å². The fourth-order valence-electron chi connectivity index (χ4n) is 2.36. The van der Waals surface area contributed by atoms with Gasteiger partial charge in [0, 0.05) is 20.2 Å². The highest BCUT2D eigenvalue weighted by Crippen LogP contribution is 2.27. The van der Waals surface area contributed by atoms with E-state index in [9.17, 15) is 0 Å². The quantitative estimate of drug-likeness (QED) is 0.723. The molecule has 1 aromatic rings. The highest BCUT2D eigenvalue weighted by molar-refractivity contribution is 5.32. The first kappa shape index (κ1) is 16.2. The van der Waals surface area contributed by atoms with Crippen LogP contribution in [-0.4, -0.2) is 26.8 Å². The molecule has 2 atom stereocenters. The molecule has 1 rings (SSSR count). The summed E-state index contributed by atoms with van der Waals surface area (Å²) in [4.78, 5) is 0. The van der Waals surface area contributed by atoms with Gasteiger partial charge in [-0.15, -0.1) is 0 Å². The Bertz CT molecular complexity index is 376. The molecule has 0 heterocycles. The average molecular weight is 263 g/mol. The minimum atomic E-state index is 0.584. The van der Waals surface area contributed by atoms with E-state index in [1.54, 1.807) is 7.11 Å². The van der Waals surface area contributed by atoms with Crippen LogP contribution in [0.25, 0.3) is 0 Å². The van der Waals surface area contributed by atoms with Gasteiger partial charge in [-0.3, -0.25) is 0 Å². The van der Waals surface area contributed by atoms with Crippen molar-refractivity contribution in [2.45, 2.75) is 40.0 Å². The van der Waals surface area contributed by atoms with Gasteiger partial charge in [0.25, 0.3) is 0 Å². The number of rotatable bonds is 8. The Labute approximate surface area is 118 Å². The largest absolute Gasteiger partial charge is 0.383 e. The van der Waals surface area contributed by atoms with Crippen molar-refractivity contribution in [3.63, 3.8) is 0 Å². The van der Waals surface area contributed by atoms with Crippen LogP contribution in [0.2, 0.25) is 0 Å². The maximum absolute atomic E-state index is 5.09. The molecular formula is C17H29NO. The summed E-state index contributed by atoms with van der Waals surface area (Å²) in [5, 5.41) is 3.51. The minimum absolute atomic E-state index is 0.584. The summed E-state index contributed by atoms with van der Waals surface area (Å²) in [6.45, 7) is 11.7. The van der Waals surface area contributed by atoms with Gasteiger partial charge in [0.15, 0.2) is 0 Å². The predicted octanol–water partition coefficient (Wildman–Crippen LogP) is 3.67. The first-order valence-electron chi connectivity index (χ1n) is 7.37. The Morgan fingerprint density at radius 3 is 2.53 bits per heavy atom. The van der Waals surface area contributed by atoms with Crippen LogP contribution in [0.4, 0.5) is 0 Å². The molecule has 0 saturated carbocycles. The van der Waals surface area contributed by atoms with Crippen LogP contribution in [0.3, 0.4) is 0 Å². The number of hydrogen-bond acceptors (Lipinski definition) is 2. The monoisotopic (exact) mass is 263 g/mol. The van der Waals surface area contributed by atoms with Gasteiger partial charge < -0.3 is 10.1 Å². The van der Waals surface area contributed by atoms with Gasteiger partial charge in [-0.05, 0) is 42.4 Å². The molecule has 0 aromatic heterocycles. The van der Waals surface area contributed by atoms with Crippen LogP contribution in [0.5, 0.6) is 0 Å². The molecule has 2 nitrogen and oxygen atoms in total. The van der Waals surface area contributed by atoms with Crippen LogP contribution in [0, 0.1) is 19.8 Å². The standard InChI is InChI=1S/C17H29NO/c1-6-13(2)17(12-18-9-10-19-5)16-8-7-14(3)15(4)11-16/h7-8,11,13,17-18H,6,9-10,12H2,1-5H3. The van der Waals surface area contributed by atoms with Crippen molar-refractivity contribution in [3.8, 4) is 0 Å². The maximum atomic E-state index is 5.09. The third-order valence-electron chi connectivity index (χ3n) is 4.14. The zero-order valence-corrected chi connectivity index (χ0v) is 13.1. The fraction of sp³-hybridized carbons (Fsp3) is 0.647. The molecule has 1 aromatic carbocycles. The smallest absolute Gasteiger partial charge is 0.0587 e. The Morgan fingerprint density at radius 1 is 1.21 bits per heavy atom. The number of aryl methyl sites for hydroxylation is 2. The lowest BCUT2D eigenvalue weighted by Crippen LogP contribution is -2.28. The van der Waals surface area contributed by atoms with E-state index in [0.717, 1.165) is 19.7 Å². The van der Waals surface area contributed by atoms with E-state index in [-0.39, 0.29) is 0 Å². The molecule has 0 spiro atoms. The van der Waals surface area contributed by atoms with Crippen molar-refractivity contribution in [1.82, 2.24) is 5.32 Å². The summed E-state index contributed by atoms with van der Waals surface area (Å²) < 4.78 is 5.09. The molecule has 0 aliphatic rings. The van der Waals surface area contributed by atoms with Gasteiger partial charge in [0.2, 0.25) is 0 Å². The number of ether oxygens (including phenoxy) is 1. The second-order valence-electron chi connectivity index (χ2n) is 5.53. The van der Waals surface area contributed by atoms with Crippen molar-refractivity contribution in [1.29, 1.82) is 0 Å². The third-order valence-corrected chi connectivity index (χ3v) is 4.14. The average Bonchev–Trinajstić information content (AvgIpc) is 2.41. The van der Waals surface area contributed by atoms with Gasteiger partial charge >= 0.3 is 0 Å². The molecule has 2 heteroatoms. The minimum Gasteiger partial charge on any atom is -0.383 e. The number of methoxy groups -OCH3 is 1. The van der Waals surface area contributed by atoms with E-state index >= 15 is 0 Å². The number of benzene rings is 1. The highest BCUT2D eigenvalue weighted by atomic mass is 16.5. The van der Waals surface area contributed by atoms with Gasteiger partial charge in [-0.2, -0.15) is 0 Å².